The third-order valence-electron chi connectivity index (χ3n) is 5.30. The highest BCUT2D eigenvalue weighted by Crippen LogP contribution is 2.55. The van der Waals surface area contributed by atoms with Crippen LogP contribution >= 0.6 is 27.5 Å². The van der Waals surface area contributed by atoms with Gasteiger partial charge in [-0.3, -0.25) is 14.2 Å². The number of hydrogen-bond donors (Lipinski definition) is 3. The molecule has 1 aromatic heterocycles. The molecule has 200 valence electrons. The van der Waals surface area contributed by atoms with Gasteiger partial charge in [0.25, 0.3) is 5.91 Å². The number of rotatable bonds is 11. The first-order chi connectivity index (χ1) is 18.3. The van der Waals surface area contributed by atoms with E-state index in [2.05, 4.69) is 30.6 Å². The molecule has 0 spiro atoms. The van der Waals surface area contributed by atoms with Gasteiger partial charge in [0.2, 0.25) is 5.95 Å². The molecule has 1 aliphatic heterocycles. The lowest BCUT2D eigenvalue weighted by Crippen LogP contribution is -2.23. The molecule has 2 aromatic carbocycles. The van der Waals surface area contributed by atoms with Crippen molar-refractivity contribution >= 4 is 61.8 Å². The van der Waals surface area contributed by atoms with Crippen LogP contribution < -0.4 is 26.2 Å². The summed E-state index contributed by atoms with van der Waals surface area (Å²) in [5.41, 5.74) is 4.28. The number of amides is 1. The Bertz CT molecular complexity index is 1430. The molecule has 4 rings (SSSR count). The van der Waals surface area contributed by atoms with E-state index in [4.69, 9.17) is 30.0 Å². The van der Waals surface area contributed by atoms with Gasteiger partial charge < -0.3 is 19.9 Å². The summed E-state index contributed by atoms with van der Waals surface area (Å²) >= 11 is 6.34. The van der Waals surface area contributed by atoms with E-state index in [1.807, 2.05) is 0 Å². The number of carbonyl (C=O) groups is 1. The van der Waals surface area contributed by atoms with E-state index >= 15 is 0 Å². The van der Waals surface area contributed by atoms with Crippen LogP contribution in [0.4, 0.5) is 23.1 Å². The predicted octanol–water partition coefficient (Wildman–Crippen LogP) is 4.63. The topological polar surface area (TPSA) is 159 Å². The first-order valence-corrected chi connectivity index (χ1v) is 14.0. The van der Waals surface area contributed by atoms with E-state index in [0.717, 1.165) is 12.7 Å². The highest BCUT2D eigenvalue weighted by Gasteiger charge is 2.40. The maximum absolute atomic E-state index is 13.3. The number of nitrogens with one attached hydrogen (secondary N) is 3. The highest BCUT2D eigenvalue weighted by molar-refractivity contribution is 7.67. The number of carbonyl (C=O) groups excluding carboxylic acids is 1. The van der Waals surface area contributed by atoms with Gasteiger partial charge in [0, 0.05) is 29.2 Å². The van der Waals surface area contributed by atoms with Gasteiger partial charge in [-0.2, -0.15) is 4.98 Å². The molecular formula is C22H23ClN5O8P2+. The summed E-state index contributed by atoms with van der Waals surface area (Å²) in [5, 5.41) is 6.32. The van der Waals surface area contributed by atoms with Crippen LogP contribution in [0.2, 0.25) is 5.02 Å². The fourth-order valence-corrected chi connectivity index (χ4v) is 6.25. The Hall–Kier alpha value is -3.15. The van der Waals surface area contributed by atoms with Gasteiger partial charge in [-0.05, 0) is 28.6 Å². The summed E-state index contributed by atoms with van der Waals surface area (Å²) in [6.07, 6.45) is 1.91. The van der Waals surface area contributed by atoms with Gasteiger partial charge in [-0.1, -0.05) is 23.7 Å². The zero-order valence-corrected chi connectivity index (χ0v) is 22.9. The number of anilines is 4. The minimum absolute atomic E-state index is 0.0863. The Kier molecular flexibility index (Phi) is 8.91. The van der Waals surface area contributed by atoms with Crippen molar-refractivity contribution in [3.63, 3.8) is 0 Å². The van der Waals surface area contributed by atoms with Crippen LogP contribution in [-0.2, 0) is 33.7 Å². The second-order valence-electron chi connectivity index (χ2n) is 7.53. The molecule has 1 aliphatic rings. The van der Waals surface area contributed by atoms with E-state index < -0.39 is 15.9 Å². The molecule has 38 heavy (non-hydrogen) atoms. The molecule has 0 saturated heterocycles. The molecule has 3 aromatic rings. The van der Waals surface area contributed by atoms with Gasteiger partial charge in [0.05, 0.1) is 43.7 Å². The number of benzene rings is 2. The summed E-state index contributed by atoms with van der Waals surface area (Å²) in [4.78, 5) is 25.7. The lowest BCUT2D eigenvalue weighted by Gasteiger charge is -2.16. The van der Waals surface area contributed by atoms with E-state index in [1.54, 1.807) is 30.3 Å². The smallest absolute Gasteiger partial charge is 0.491 e. The van der Waals surface area contributed by atoms with Crippen molar-refractivity contribution in [2.75, 3.05) is 38.6 Å². The molecule has 0 fully saturated rings. The van der Waals surface area contributed by atoms with Crippen LogP contribution in [0.25, 0.3) is 0 Å². The SMILES string of the molecule is CONC(=O)c1ccc(Nc2ncc(Cl)c(Nc3ccccc3P(=O)(OC)O[P+](=O)OC)n2)c2c1CCO2. The number of hydrogen-bond acceptors (Lipinski definition) is 12. The van der Waals surface area contributed by atoms with Crippen LogP contribution in [0, 0.1) is 0 Å². The average Bonchev–Trinajstić information content (AvgIpc) is 3.41. The number of fused-ring (bicyclic) bond motifs is 1. The fraction of sp³-hybridized carbons (Fsp3) is 0.227. The van der Waals surface area contributed by atoms with Crippen molar-refractivity contribution in [2.45, 2.75) is 6.42 Å². The van der Waals surface area contributed by atoms with Gasteiger partial charge in [-0.15, -0.1) is 4.52 Å². The fourth-order valence-electron chi connectivity index (χ4n) is 3.63. The quantitative estimate of drug-likeness (QED) is 0.213. The third-order valence-corrected chi connectivity index (χ3v) is 8.73. The molecular weight excluding hydrogens is 560 g/mol. The highest BCUT2D eigenvalue weighted by atomic mass is 35.5. The first-order valence-electron chi connectivity index (χ1n) is 10.9. The van der Waals surface area contributed by atoms with Gasteiger partial charge in [-0.25, -0.2) is 10.5 Å². The molecule has 16 heteroatoms. The second-order valence-corrected chi connectivity index (χ2v) is 11.2. The molecule has 0 radical (unpaired) electrons. The second kappa shape index (κ2) is 12.1. The number of hydroxylamine groups is 1. The Labute approximate surface area is 223 Å². The Balaban J connectivity index is 1.63. The lowest BCUT2D eigenvalue weighted by atomic mass is 10.0. The molecule has 3 N–H and O–H groups in total. The van der Waals surface area contributed by atoms with Crippen LogP contribution in [-0.4, -0.2) is 43.8 Å². The minimum Gasteiger partial charge on any atom is -0.491 e. The van der Waals surface area contributed by atoms with Crippen LogP contribution in [0.3, 0.4) is 0 Å². The summed E-state index contributed by atoms with van der Waals surface area (Å²) in [7, 11) is -3.05. The molecule has 0 bridgehead atoms. The largest absolute Gasteiger partial charge is 0.706 e. The number of aromatic nitrogens is 2. The standard InChI is InChI=1S/C22H22ClN5O8P2/c1-32-28-21(29)14-8-9-17(19-13(14)10-11-35-19)26-22-24-12-15(23)20(27-22)25-16-6-4-5-7-18(16)38(31,34-3)36-37(30)33-2/h4-9,12H,10-11H2,1-3H3,(H2-,24,25,26,27,28,29,31)/p+1. The Morgan fingerprint density at radius 2 is 1.92 bits per heavy atom. The molecule has 2 heterocycles. The number of ether oxygens (including phenoxy) is 1. The van der Waals surface area contributed by atoms with E-state index in [-0.39, 0.29) is 33.7 Å². The number of nitrogens with zero attached hydrogens (tertiary/aromatic N) is 2. The lowest BCUT2D eigenvalue weighted by molar-refractivity contribution is 0.0537. The van der Waals surface area contributed by atoms with E-state index in [9.17, 15) is 13.9 Å². The summed E-state index contributed by atoms with van der Waals surface area (Å²) in [6, 6.07) is 9.68. The average molecular weight is 583 g/mol. The van der Waals surface area contributed by atoms with E-state index in [1.165, 1.54) is 26.5 Å². The Morgan fingerprint density at radius 3 is 2.66 bits per heavy atom. The molecule has 13 nitrogen and oxygen atoms in total. The van der Waals surface area contributed by atoms with Crippen molar-refractivity contribution in [2.24, 2.45) is 0 Å². The maximum atomic E-state index is 13.3. The normalized spacial score (nSPS) is 14.2. The molecule has 0 aliphatic carbocycles. The first kappa shape index (κ1) is 27.9. The van der Waals surface area contributed by atoms with Crippen molar-refractivity contribution in [3.8, 4) is 5.75 Å². The predicted molar refractivity (Wildman–Crippen MR) is 140 cm³/mol. The minimum atomic E-state index is -4.04. The summed E-state index contributed by atoms with van der Waals surface area (Å²) in [5.74, 6) is 0.442. The van der Waals surface area contributed by atoms with Crippen LogP contribution in [0.5, 0.6) is 5.75 Å². The summed E-state index contributed by atoms with van der Waals surface area (Å²) < 4.78 is 45.6. The molecule has 1 amide bonds. The van der Waals surface area contributed by atoms with Gasteiger partial charge >= 0.3 is 15.9 Å². The van der Waals surface area contributed by atoms with Gasteiger partial charge in [0.1, 0.15) is 10.8 Å². The van der Waals surface area contributed by atoms with Crippen molar-refractivity contribution in [1.29, 1.82) is 0 Å². The van der Waals surface area contributed by atoms with Gasteiger partial charge in [0.15, 0.2) is 5.82 Å². The zero-order chi connectivity index (χ0) is 27.3. The third kappa shape index (κ3) is 5.95. The van der Waals surface area contributed by atoms with Crippen LogP contribution in [0.1, 0.15) is 15.9 Å². The maximum Gasteiger partial charge on any atom is 0.706 e. The molecule has 2 atom stereocenters. The summed E-state index contributed by atoms with van der Waals surface area (Å²) in [6.45, 7) is 0.405. The van der Waals surface area contributed by atoms with Crippen molar-refractivity contribution < 1.29 is 36.9 Å². The van der Waals surface area contributed by atoms with Crippen LogP contribution in [0.15, 0.2) is 42.6 Å². The Morgan fingerprint density at radius 1 is 1.13 bits per heavy atom. The van der Waals surface area contributed by atoms with Crippen molar-refractivity contribution in [3.05, 3.63) is 58.7 Å². The number of halogens is 1. The van der Waals surface area contributed by atoms with E-state index in [0.29, 0.717) is 30.0 Å². The zero-order valence-electron chi connectivity index (χ0n) is 20.4. The van der Waals surface area contributed by atoms with Crippen molar-refractivity contribution in [1.82, 2.24) is 15.4 Å². The number of para-hydroxylation sites is 1. The monoisotopic (exact) mass is 582 g/mol. The molecule has 0 saturated carbocycles. The molecule has 2 unspecified atom stereocenters.